The van der Waals surface area contributed by atoms with Gasteiger partial charge >= 0.3 is 5.97 Å². The van der Waals surface area contributed by atoms with Gasteiger partial charge in [0.2, 0.25) is 0 Å². The zero-order valence-corrected chi connectivity index (χ0v) is 16.0. The van der Waals surface area contributed by atoms with Gasteiger partial charge in [0.05, 0.1) is 11.3 Å². The first kappa shape index (κ1) is 19.3. The molecule has 0 bridgehead atoms. The van der Waals surface area contributed by atoms with Crippen molar-refractivity contribution in [2.24, 2.45) is 0 Å². The van der Waals surface area contributed by atoms with Crippen LogP contribution in [-0.4, -0.2) is 55.7 Å². The lowest BCUT2D eigenvalue weighted by atomic mass is 9.93. The number of aryl methyl sites for hydroxylation is 1. The summed E-state index contributed by atoms with van der Waals surface area (Å²) in [5, 5.41) is 25.4. The van der Waals surface area contributed by atoms with Crippen LogP contribution in [0, 0.1) is 6.92 Å². The minimum absolute atomic E-state index is 0.207. The molecular formula is C20H22N4O5. The lowest BCUT2D eigenvalue weighted by Gasteiger charge is -2.27. The number of anilines is 1. The highest BCUT2D eigenvalue weighted by atomic mass is 16.6. The first-order chi connectivity index (χ1) is 13.8. The van der Waals surface area contributed by atoms with E-state index < -0.39 is 29.9 Å². The fraction of sp³-hybridized carbons (Fsp3) is 0.350. The number of ether oxygens (including phenoxy) is 2. The topological polar surface area (TPSA) is 132 Å². The molecule has 1 aliphatic heterocycles. The smallest absolute Gasteiger partial charge is 0.338 e. The maximum absolute atomic E-state index is 12.2. The van der Waals surface area contributed by atoms with E-state index >= 15 is 0 Å². The molecule has 4 N–H and O–H groups in total. The Hall–Kier alpha value is -3.01. The summed E-state index contributed by atoms with van der Waals surface area (Å²) in [6.45, 7) is 3.35. The summed E-state index contributed by atoms with van der Waals surface area (Å²) in [6, 6.07) is 10.4. The molecule has 1 saturated heterocycles. The number of hydrogen-bond donors (Lipinski definition) is 3. The second kappa shape index (κ2) is 7.11. The molecule has 2 aromatic heterocycles. The third kappa shape index (κ3) is 3.23. The van der Waals surface area contributed by atoms with Crippen molar-refractivity contribution in [3.63, 3.8) is 0 Å². The van der Waals surface area contributed by atoms with Gasteiger partial charge in [-0.2, -0.15) is 5.10 Å². The molecular weight excluding hydrogens is 376 g/mol. The Morgan fingerprint density at radius 3 is 2.72 bits per heavy atom. The number of aliphatic hydroxyl groups is 2. The van der Waals surface area contributed by atoms with E-state index in [1.54, 1.807) is 31.2 Å². The van der Waals surface area contributed by atoms with Gasteiger partial charge in [-0.3, -0.25) is 0 Å². The van der Waals surface area contributed by atoms with Crippen molar-refractivity contribution in [1.29, 1.82) is 0 Å². The van der Waals surface area contributed by atoms with Gasteiger partial charge < -0.3 is 25.4 Å². The van der Waals surface area contributed by atoms with Crippen LogP contribution < -0.4 is 5.73 Å². The normalized spacial score (nSPS) is 26.7. The molecule has 9 nitrogen and oxygen atoms in total. The van der Waals surface area contributed by atoms with Crippen molar-refractivity contribution in [3.05, 3.63) is 59.5 Å². The van der Waals surface area contributed by atoms with E-state index in [4.69, 9.17) is 15.2 Å². The van der Waals surface area contributed by atoms with Gasteiger partial charge in [0, 0.05) is 0 Å². The van der Waals surface area contributed by atoms with Crippen molar-refractivity contribution in [2.75, 3.05) is 12.3 Å². The van der Waals surface area contributed by atoms with Crippen LogP contribution in [0.1, 0.15) is 28.5 Å². The number of carbonyl (C=O) groups excluding carboxylic acids is 1. The number of carbonyl (C=O) groups is 1. The zero-order valence-electron chi connectivity index (χ0n) is 16.0. The van der Waals surface area contributed by atoms with Crippen LogP contribution >= 0.6 is 0 Å². The Morgan fingerprint density at radius 1 is 1.28 bits per heavy atom. The molecule has 29 heavy (non-hydrogen) atoms. The highest BCUT2D eigenvalue weighted by Crippen LogP contribution is 2.40. The third-order valence-corrected chi connectivity index (χ3v) is 5.32. The molecule has 0 amide bonds. The van der Waals surface area contributed by atoms with Gasteiger partial charge in [0.25, 0.3) is 0 Å². The second-order valence-electron chi connectivity index (χ2n) is 7.32. The number of benzene rings is 1. The average molecular weight is 398 g/mol. The molecule has 0 aliphatic carbocycles. The van der Waals surface area contributed by atoms with E-state index in [0.717, 1.165) is 5.56 Å². The number of nitrogen functional groups attached to an aromatic ring is 1. The van der Waals surface area contributed by atoms with Crippen LogP contribution in [0.15, 0.2) is 42.7 Å². The van der Waals surface area contributed by atoms with E-state index in [2.05, 4.69) is 10.1 Å². The lowest BCUT2D eigenvalue weighted by molar-refractivity contribution is -0.0912. The molecule has 0 unspecified atom stereocenters. The van der Waals surface area contributed by atoms with Gasteiger partial charge in [-0.15, -0.1) is 0 Å². The fourth-order valence-electron chi connectivity index (χ4n) is 3.59. The van der Waals surface area contributed by atoms with E-state index in [9.17, 15) is 15.0 Å². The van der Waals surface area contributed by atoms with Crippen molar-refractivity contribution >= 4 is 17.3 Å². The quantitative estimate of drug-likeness (QED) is 0.550. The Kier molecular flexibility index (Phi) is 4.73. The number of nitrogens with zero attached hydrogens (tertiary/aromatic N) is 3. The molecule has 9 heteroatoms. The predicted octanol–water partition coefficient (Wildman–Crippen LogP) is 0.813. The van der Waals surface area contributed by atoms with Gasteiger partial charge in [0.15, 0.2) is 5.82 Å². The van der Waals surface area contributed by atoms with E-state index in [0.29, 0.717) is 16.8 Å². The summed E-state index contributed by atoms with van der Waals surface area (Å²) in [5.74, 6) is -0.246. The number of fused-ring (bicyclic) bond motifs is 1. The molecule has 152 valence electrons. The summed E-state index contributed by atoms with van der Waals surface area (Å²) in [4.78, 5) is 16.2. The minimum atomic E-state index is -1.28. The fourth-order valence-corrected chi connectivity index (χ4v) is 3.59. The standard InChI is InChI=1S/C20H22N4O5/c1-11-3-5-12(6-4-11)19(27)28-9-14-16(25)17(26)20(2,29-14)15-8-7-13-18(21)22-10-23-24(13)15/h3-8,10,14,16-17,25-26H,9H2,1-2H3,(H2,21,22,23)/t14-,16-,17-,20+/m1/s1. The second-order valence-corrected chi connectivity index (χ2v) is 7.32. The van der Waals surface area contributed by atoms with Crippen LogP contribution in [0.2, 0.25) is 0 Å². The highest BCUT2D eigenvalue weighted by Gasteiger charge is 2.53. The van der Waals surface area contributed by atoms with Gasteiger partial charge in [-0.05, 0) is 38.1 Å². The third-order valence-electron chi connectivity index (χ3n) is 5.32. The van der Waals surface area contributed by atoms with E-state index in [-0.39, 0.29) is 12.4 Å². The van der Waals surface area contributed by atoms with Gasteiger partial charge in [0.1, 0.15) is 42.4 Å². The van der Waals surface area contributed by atoms with E-state index in [1.807, 2.05) is 19.1 Å². The van der Waals surface area contributed by atoms with Gasteiger partial charge in [-0.25, -0.2) is 14.3 Å². The van der Waals surface area contributed by atoms with Crippen LogP contribution in [0.3, 0.4) is 0 Å². The molecule has 4 atom stereocenters. The zero-order chi connectivity index (χ0) is 20.8. The largest absolute Gasteiger partial charge is 0.459 e. The lowest BCUT2D eigenvalue weighted by Crippen LogP contribution is -2.39. The number of aromatic nitrogens is 3. The predicted molar refractivity (Wildman–Crippen MR) is 103 cm³/mol. The Bertz CT molecular complexity index is 1050. The van der Waals surface area contributed by atoms with Crippen LogP contribution in [0.5, 0.6) is 0 Å². The molecule has 1 aromatic carbocycles. The van der Waals surface area contributed by atoms with Crippen molar-refractivity contribution < 1.29 is 24.5 Å². The number of esters is 1. The molecule has 0 radical (unpaired) electrons. The summed E-state index contributed by atoms with van der Waals surface area (Å²) < 4.78 is 12.8. The molecule has 3 aromatic rings. The Morgan fingerprint density at radius 2 is 2.00 bits per heavy atom. The molecule has 1 fully saturated rings. The summed E-state index contributed by atoms with van der Waals surface area (Å²) in [6.07, 6.45) is -2.13. The number of rotatable bonds is 4. The molecule has 0 saturated carbocycles. The SMILES string of the molecule is Cc1ccc(C(=O)OC[C@H]2O[C@@](C)(c3ccc4c(N)ncnn34)[C@H](O)[C@@H]2O)cc1. The van der Waals surface area contributed by atoms with E-state index in [1.165, 1.54) is 10.8 Å². The van der Waals surface area contributed by atoms with Crippen LogP contribution in [0.4, 0.5) is 5.82 Å². The van der Waals surface area contributed by atoms with Crippen molar-refractivity contribution in [2.45, 2.75) is 37.8 Å². The number of nitrogens with two attached hydrogens (primary N) is 1. The van der Waals surface area contributed by atoms with Crippen molar-refractivity contribution in [3.8, 4) is 0 Å². The first-order valence-electron chi connectivity index (χ1n) is 9.17. The number of aliphatic hydroxyl groups excluding tert-OH is 2. The number of hydrogen-bond acceptors (Lipinski definition) is 8. The highest BCUT2D eigenvalue weighted by molar-refractivity contribution is 5.89. The maximum atomic E-state index is 12.2. The molecule has 1 aliphatic rings. The van der Waals surface area contributed by atoms with Gasteiger partial charge in [-0.1, -0.05) is 17.7 Å². The average Bonchev–Trinajstić information content (AvgIpc) is 3.24. The maximum Gasteiger partial charge on any atom is 0.338 e. The Labute approximate surface area is 166 Å². The molecule has 0 spiro atoms. The van der Waals surface area contributed by atoms with Crippen LogP contribution in [0.25, 0.3) is 5.52 Å². The molecule has 4 rings (SSSR count). The molecule has 3 heterocycles. The van der Waals surface area contributed by atoms with Crippen LogP contribution in [-0.2, 0) is 15.1 Å². The summed E-state index contributed by atoms with van der Waals surface area (Å²) >= 11 is 0. The van der Waals surface area contributed by atoms with Crippen molar-refractivity contribution in [1.82, 2.24) is 14.6 Å². The summed E-state index contributed by atoms with van der Waals surface area (Å²) in [7, 11) is 0. The minimum Gasteiger partial charge on any atom is -0.459 e. The monoisotopic (exact) mass is 398 g/mol. The first-order valence-corrected chi connectivity index (χ1v) is 9.17. The summed E-state index contributed by atoms with van der Waals surface area (Å²) in [5.41, 5.74) is 7.06. The Balaban J connectivity index is 1.53.